The van der Waals surface area contributed by atoms with Crippen LogP contribution in [0.1, 0.15) is 30.0 Å². The topological polar surface area (TPSA) is 87.1 Å². The summed E-state index contributed by atoms with van der Waals surface area (Å²) in [5, 5.41) is 14.8. The van der Waals surface area contributed by atoms with Crippen LogP contribution in [0.4, 0.5) is 17.5 Å². The number of carboxylic acid groups (broad SMARTS) is 1. The first kappa shape index (κ1) is 15.7. The second-order valence-electron chi connectivity index (χ2n) is 5.61. The number of aryl methyl sites for hydroxylation is 1. The van der Waals surface area contributed by atoms with E-state index >= 15 is 0 Å². The number of benzene rings is 1. The Hall–Kier alpha value is -2.15. The standard InChI is InChI=1S/C16H17BrN4O2/c1-9-6-11(4-5-12(9)17)19-14-7-13(10-2-3-10)20-16(21-14)18-8-15(22)23/h4-7,10H,2-3,8H2,1H3,(H,22,23)(H2,18,19,20,21). The predicted octanol–water partition coefficient (Wildman–Crippen LogP) is 3.67. The summed E-state index contributed by atoms with van der Waals surface area (Å²) >= 11 is 3.48. The smallest absolute Gasteiger partial charge is 0.322 e. The minimum Gasteiger partial charge on any atom is -0.480 e. The van der Waals surface area contributed by atoms with E-state index in [2.05, 4.69) is 36.5 Å². The molecule has 0 radical (unpaired) electrons. The summed E-state index contributed by atoms with van der Waals surface area (Å²) < 4.78 is 1.05. The zero-order valence-electron chi connectivity index (χ0n) is 12.6. The largest absolute Gasteiger partial charge is 0.480 e. The van der Waals surface area contributed by atoms with E-state index in [1.807, 2.05) is 31.2 Å². The Kier molecular flexibility index (Phi) is 4.47. The molecule has 0 unspecified atom stereocenters. The number of carbonyl (C=O) groups is 1. The molecular formula is C16H17BrN4O2. The van der Waals surface area contributed by atoms with Gasteiger partial charge in [0, 0.05) is 22.1 Å². The van der Waals surface area contributed by atoms with Gasteiger partial charge in [0.1, 0.15) is 12.4 Å². The molecule has 0 atom stereocenters. The van der Waals surface area contributed by atoms with Crippen LogP contribution in [0.25, 0.3) is 0 Å². The fraction of sp³-hybridized carbons (Fsp3) is 0.312. The number of rotatable bonds is 6. The average Bonchev–Trinajstić information content (AvgIpc) is 3.33. The minimum absolute atomic E-state index is 0.203. The normalized spacial score (nSPS) is 13.7. The van der Waals surface area contributed by atoms with Crippen molar-refractivity contribution in [2.24, 2.45) is 0 Å². The monoisotopic (exact) mass is 376 g/mol. The van der Waals surface area contributed by atoms with Crippen molar-refractivity contribution in [2.75, 3.05) is 17.2 Å². The first-order chi connectivity index (χ1) is 11.0. The molecule has 3 rings (SSSR count). The van der Waals surface area contributed by atoms with E-state index in [1.54, 1.807) is 0 Å². The Labute approximate surface area is 142 Å². The molecule has 0 saturated heterocycles. The van der Waals surface area contributed by atoms with Gasteiger partial charge in [-0.1, -0.05) is 15.9 Å². The maximum Gasteiger partial charge on any atom is 0.322 e. The summed E-state index contributed by atoms with van der Waals surface area (Å²) in [6, 6.07) is 7.89. The zero-order valence-corrected chi connectivity index (χ0v) is 14.2. The second-order valence-corrected chi connectivity index (χ2v) is 6.47. The highest BCUT2D eigenvalue weighted by atomic mass is 79.9. The Balaban J connectivity index is 1.84. The van der Waals surface area contributed by atoms with Gasteiger partial charge in [0.05, 0.1) is 5.69 Å². The van der Waals surface area contributed by atoms with Crippen molar-refractivity contribution < 1.29 is 9.90 Å². The molecule has 120 valence electrons. The molecule has 1 aromatic carbocycles. The molecule has 1 fully saturated rings. The molecule has 0 bridgehead atoms. The Morgan fingerprint density at radius 1 is 1.35 bits per heavy atom. The van der Waals surface area contributed by atoms with Crippen LogP contribution in [-0.4, -0.2) is 27.6 Å². The van der Waals surface area contributed by atoms with Gasteiger partial charge in [-0.3, -0.25) is 4.79 Å². The lowest BCUT2D eigenvalue weighted by molar-refractivity contribution is -0.134. The fourth-order valence-corrected chi connectivity index (χ4v) is 2.47. The average molecular weight is 377 g/mol. The number of aliphatic carboxylic acids is 1. The Bertz CT molecular complexity index is 747. The maximum atomic E-state index is 10.7. The van der Waals surface area contributed by atoms with E-state index in [1.165, 1.54) is 0 Å². The van der Waals surface area contributed by atoms with Crippen LogP contribution in [0.3, 0.4) is 0 Å². The summed E-state index contributed by atoms with van der Waals surface area (Å²) in [5.41, 5.74) is 3.00. The van der Waals surface area contributed by atoms with E-state index in [0.717, 1.165) is 34.3 Å². The number of hydrogen-bond acceptors (Lipinski definition) is 5. The number of nitrogens with zero attached hydrogens (tertiary/aromatic N) is 2. The lowest BCUT2D eigenvalue weighted by Crippen LogP contribution is -2.15. The number of hydrogen-bond donors (Lipinski definition) is 3. The van der Waals surface area contributed by atoms with Gasteiger partial charge in [0.15, 0.2) is 0 Å². The van der Waals surface area contributed by atoms with Gasteiger partial charge in [-0.15, -0.1) is 0 Å². The Morgan fingerprint density at radius 3 is 2.78 bits per heavy atom. The minimum atomic E-state index is -0.941. The molecule has 23 heavy (non-hydrogen) atoms. The third-order valence-electron chi connectivity index (χ3n) is 3.57. The van der Waals surface area contributed by atoms with Crippen molar-refractivity contribution in [3.63, 3.8) is 0 Å². The summed E-state index contributed by atoms with van der Waals surface area (Å²) in [4.78, 5) is 19.5. The van der Waals surface area contributed by atoms with Crippen LogP contribution in [0.15, 0.2) is 28.7 Å². The molecule has 0 aliphatic heterocycles. The van der Waals surface area contributed by atoms with E-state index in [-0.39, 0.29) is 6.54 Å². The van der Waals surface area contributed by atoms with Crippen LogP contribution >= 0.6 is 15.9 Å². The third-order valence-corrected chi connectivity index (χ3v) is 4.46. The molecule has 1 heterocycles. The first-order valence-electron chi connectivity index (χ1n) is 7.39. The lowest BCUT2D eigenvalue weighted by atomic mass is 10.2. The van der Waals surface area contributed by atoms with Gasteiger partial charge in [-0.25, -0.2) is 4.98 Å². The molecule has 1 saturated carbocycles. The van der Waals surface area contributed by atoms with Gasteiger partial charge in [-0.05, 0) is 43.5 Å². The van der Waals surface area contributed by atoms with Crippen molar-refractivity contribution >= 4 is 39.4 Å². The van der Waals surface area contributed by atoms with Gasteiger partial charge < -0.3 is 15.7 Å². The SMILES string of the molecule is Cc1cc(Nc2cc(C3CC3)nc(NCC(=O)O)n2)ccc1Br. The molecule has 0 spiro atoms. The van der Waals surface area contributed by atoms with Crippen LogP contribution in [0.5, 0.6) is 0 Å². The number of halogens is 1. The summed E-state index contributed by atoms with van der Waals surface area (Å²) in [5.74, 6) is 0.517. The Morgan fingerprint density at radius 2 is 2.13 bits per heavy atom. The summed E-state index contributed by atoms with van der Waals surface area (Å²) in [6.45, 7) is 1.82. The van der Waals surface area contributed by atoms with Crippen molar-refractivity contribution in [3.05, 3.63) is 40.0 Å². The zero-order chi connectivity index (χ0) is 16.4. The van der Waals surface area contributed by atoms with E-state index in [4.69, 9.17) is 5.11 Å². The van der Waals surface area contributed by atoms with Crippen molar-refractivity contribution in [2.45, 2.75) is 25.7 Å². The van der Waals surface area contributed by atoms with E-state index in [0.29, 0.717) is 17.7 Å². The van der Waals surface area contributed by atoms with Crippen LogP contribution in [0.2, 0.25) is 0 Å². The summed E-state index contributed by atoms with van der Waals surface area (Å²) in [7, 11) is 0. The molecule has 1 aromatic heterocycles. The summed E-state index contributed by atoms with van der Waals surface area (Å²) in [6.07, 6.45) is 2.23. The van der Waals surface area contributed by atoms with E-state index in [9.17, 15) is 4.79 Å². The molecule has 1 aliphatic carbocycles. The number of aromatic nitrogens is 2. The van der Waals surface area contributed by atoms with Gasteiger partial charge in [-0.2, -0.15) is 4.98 Å². The molecular weight excluding hydrogens is 360 g/mol. The number of nitrogens with one attached hydrogen (secondary N) is 2. The lowest BCUT2D eigenvalue weighted by Gasteiger charge is -2.11. The van der Waals surface area contributed by atoms with Crippen LogP contribution in [0, 0.1) is 6.92 Å². The third kappa shape index (κ3) is 4.19. The van der Waals surface area contributed by atoms with Crippen LogP contribution in [-0.2, 0) is 4.79 Å². The molecule has 7 heteroatoms. The molecule has 6 nitrogen and oxygen atoms in total. The molecule has 0 amide bonds. The molecule has 1 aliphatic rings. The maximum absolute atomic E-state index is 10.7. The highest BCUT2D eigenvalue weighted by molar-refractivity contribution is 9.10. The fourth-order valence-electron chi connectivity index (χ4n) is 2.22. The van der Waals surface area contributed by atoms with Gasteiger partial charge >= 0.3 is 5.97 Å². The quantitative estimate of drug-likeness (QED) is 0.712. The first-order valence-corrected chi connectivity index (χ1v) is 8.18. The molecule has 2 aromatic rings. The van der Waals surface area contributed by atoms with Gasteiger partial charge in [0.2, 0.25) is 5.95 Å². The van der Waals surface area contributed by atoms with E-state index < -0.39 is 5.97 Å². The highest BCUT2D eigenvalue weighted by Crippen LogP contribution is 2.40. The van der Waals surface area contributed by atoms with Crippen molar-refractivity contribution in [1.82, 2.24) is 9.97 Å². The number of anilines is 3. The molecule has 3 N–H and O–H groups in total. The van der Waals surface area contributed by atoms with Crippen molar-refractivity contribution in [1.29, 1.82) is 0 Å². The predicted molar refractivity (Wildman–Crippen MR) is 92.3 cm³/mol. The van der Waals surface area contributed by atoms with Crippen LogP contribution < -0.4 is 10.6 Å². The number of carboxylic acids is 1. The van der Waals surface area contributed by atoms with Gasteiger partial charge in [0.25, 0.3) is 0 Å². The highest BCUT2D eigenvalue weighted by Gasteiger charge is 2.26. The van der Waals surface area contributed by atoms with Crippen molar-refractivity contribution in [3.8, 4) is 0 Å². The second kappa shape index (κ2) is 6.54.